The maximum absolute atomic E-state index is 13.2. The summed E-state index contributed by atoms with van der Waals surface area (Å²) in [6.07, 6.45) is 5.84. The van der Waals surface area contributed by atoms with Crippen molar-refractivity contribution >= 4 is 35.3 Å². The fourth-order valence-electron chi connectivity index (χ4n) is 4.28. The summed E-state index contributed by atoms with van der Waals surface area (Å²) in [5.74, 6) is 0.0359. The number of aryl methyl sites for hydroxylation is 2. The highest BCUT2D eigenvalue weighted by Gasteiger charge is 2.31. The van der Waals surface area contributed by atoms with Crippen molar-refractivity contribution in [3.63, 3.8) is 0 Å². The molecular formula is C27H30N4O2S. The van der Waals surface area contributed by atoms with Gasteiger partial charge < -0.3 is 10.2 Å². The van der Waals surface area contributed by atoms with E-state index >= 15 is 0 Å². The minimum atomic E-state index is -0.618. The van der Waals surface area contributed by atoms with Gasteiger partial charge in [-0.15, -0.1) is 11.8 Å². The van der Waals surface area contributed by atoms with Crippen LogP contribution in [-0.4, -0.2) is 40.4 Å². The molecule has 1 aromatic heterocycles. The SMILES string of the molecule is C.Cc1ccc(Cc2cc(C(=O)N[C@H]3CSc4cc5c(cc4N(C)C3=O)C=CC5)nn2C)cc1. The molecular weight excluding hydrogens is 444 g/mol. The van der Waals surface area contributed by atoms with Crippen molar-refractivity contribution in [2.24, 2.45) is 7.05 Å². The summed E-state index contributed by atoms with van der Waals surface area (Å²) in [5.41, 5.74) is 6.97. The first kappa shape index (κ1) is 23.8. The minimum Gasteiger partial charge on any atom is -0.338 e. The van der Waals surface area contributed by atoms with E-state index in [1.807, 2.05) is 7.05 Å². The van der Waals surface area contributed by atoms with Crippen LogP contribution in [0.1, 0.15) is 45.9 Å². The molecule has 5 rings (SSSR count). The number of carbonyl (C=O) groups is 2. The number of rotatable bonds is 4. The molecule has 2 amide bonds. The first-order valence-corrected chi connectivity index (χ1v) is 12.0. The third-order valence-electron chi connectivity index (χ3n) is 6.27. The van der Waals surface area contributed by atoms with E-state index in [4.69, 9.17) is 0 Å². The molecule has 1 aliphatic carbocycles. The van der Waals surface area contributed by atoms with Crippen LogP contribution in [0.4, 0.5) is 5.69 Å². The number of nitrogens with one attached hydrogen (secondary N) is 1. The lowest BCUT2D eigenvalue weighted by Crippen LogP contribution is -2.48. The number of carbonyl (C=O) groups excluding carboxylic acids is 2. The molecule has 0 unspecified atom stereocenters. The zero-order valence-corrected chi connectivity index (χ0v) is 19.8. The van der Waals surface area contributed by atoms with Gasteiger partial charge in [0, 0.05) is 36.9 Å². The molecule has 3 aromatic rings. The predicted octanol–water partition coefficient (Wildman–Crippen LogP) is 4.39. The molecule has 1 N–H and O–H groups in total. The molecule has 2 heterocycles. The maximum Gasteiger partial charge on any atom is 0.272 e. The lowest BCUT2D eigenvalue weighted by molar-refractivity contribution is -0.119. The number of nitrogens with zero attached hydrogens (tertiary/aromatic N) is 3. The van der Waals surface area contributed by atoms with Gasteiger partial charge in [0.05, 0.1) is 5.69 Å². The van der Waals surface area contributed by atoms with Crippen molar-refractivity contribution < 1.29 is 9.59 Å². The fourth-order valence-corrected chi connectivity index (χ4v) is 5.42. The first-order chi connectivity index (χ1) is 15.9. The smallest absolute Gasteiger partial charge is 0.272 e. The van der Waals surface area contributed by atoms with E-state index in [1.54, 1.807) is 34.5 Å². The van der Waals surface area contributed by atoms with Crippen LogP contribution in [0.3, 0.4) is 0 Å². The van der Waals surface area contributed by atoms with Gasteiger partial charge in [-0.1, -0.05) is 49.4 Å². The van der Waals surface area contributed by atoms with Crippen LogP contribution in [-0.2, 0) is 24.7 Å². The molecule has 1 atom stereocenters. The Morgan fingerprint density at radius 2 is 1.94 bits per heavy atom. The normalized spacial score (nSPS) is 16.5. The molecule has 2 aromatic carbocycles. The lowest BCUT2D eigenvalue weighted by Gasteiger charge is -2.22. The highest BCUT2D eigenvalue weighted by Crippen LogP contribution is 2.38. The maximum atomic E-state index is 13.2. The molecule has 0 saturated carbocycles. The van der Waals surface area contributed by atoms with E-state index in [9.17, 15) is 9.59 Å². The van der Waals surface area contributed by atoms with Gasteiger partial charge in [0.15, 0.2) is 0 Å². The molecule has 34 heavy (non-hydrogen) atoms. The van der Waals surface area contributed by atoms with Gasteiger partial charge in [0.1, 0.15) is 11.7 Å². The number of likely N-dealkylation sites (N-methyl/N-ethyl adjacent to an activating group) is 1. The topological polar surface area (TPSA) is 67.2 Å². The summed E-state index contributed by atoms with van der Waals surface area (Å²) in [6.45, 7) is 2.06. The summed E-state index contributed by atoms with van der Waals surface area (Å²) >= 11 is 1.61. The van der Waals surface area contributed by atoms with Crippen molar-refractivity contribution in [3.8, 4) is 0 Å². The summed E-state index contributed by atoms with van der Waals surface area (Å²) in [4.78, 5) is 28.9. The highest BCUT2D eigenvalue weighted by molar-refractivity contribution is 7.99. The van der Waals surface area contributed by atoms with Crippen LogP contribution in [0, 0.1) is 6.92 Å². The average molecular weight is 475 g/mol. The number of fused-ring (bicyclic) bond motifs is 2. The lowest BCUT2D eigenvalue weighted by atomic mass is 10.1. The number of allylic oxidation sites excluding steroid dienone is 1. The van der Waals surface area contributed by atoms with E-state index < -0.39 is 6.04 Å². The monoisotopic (exact) mass is 474 g/mol. The second-order valence-electron chi connectivity index (χ2n) is 8.67. The van der Waals surface area contributed by atoms with E-state index in [1.165, 1.54) is 11.1 Å². The Kier molecular flexibility index (Phi) is 6.66. The van der Waals surface area contributed by atoms with Crippen LogP contribution >= 0.6 is 11.8 Å². The molecule has 1 aliphatic heterocycles. The Morgan fingerprint density at radius 3 is 2.71 bits per heavy atom. The van der Waals surface area contributed by atoms with Crippen molar-refractivity contribution in [1.29, 1.82) is 0 Å². The number of anilines is 1. The number of amides is 2. The Morgan fingerprint density at radius 1 is 1.18 bits per heavy atom. The Hall–Kier alpha value is -3.32. The minimum absolute atomic E-state index is 0. The van der Waals surface area contributed by atoms with Gasteiger partial charge in [0.2, 0.25) is 5.91 Å². The van der Waals surface area contributed by atoms with Crippen molar-refractivity contribution in [2.75, 3.05) is 17.7 Å². The Balaban J connectivity index is 0.00000274. The highest BCUT2D eigenvalue weighted by atomic mass is 32.2. The molecule has 6 nitrogen and oxygen atoms in total. The van der Waals surface area contributed by atoms with Gasteiger partial charge >= 0.3 is 0 Å². The average Bonchev–Trinajstić information content (AvgIpc) is 3.39. The van der Waals surface area contributed by atoms with Gasteiger partial charge in [0.25, 0.3) is 5.91 Å². The molecule has 0 saturated heterocycles. The van der Waals surface area contributed by atoms with E-state index in [0.717, 1.165) is 33.8 Å². The summed E-state index contributed by atoms with van der Waals surface area (Å²) < 4.78 is 1.73. The molecule has 0 fully saturated rings. The Labute approximate surface area is 205 Å². The van der Waals surface area contributed by atoms with Crippen LogP contribution in [0.5, 0.6) is 0 Å². The van der Waals surface area contributed by atoms with Gasteiger partial charge in [-0.3, -0.25) is 14.3 Å². The first-order valence-electron chi connectivity index (χ1n) is 11.0. The molecule has 0 spiro atoms. The third kappa shape index (κ3) is 4.53. The largest absolute Gasteiger partial charge is 0.338 e. The van der Waals surface area contributed by atoms with Crippen LogP contribution in [0.15, 0.2) is 53.4 Å². The third-order valence-corrected chi connectivity index (χ3v) is 7.41. The molecule has 176 valence electrons. The van der Waals surface area contributed by atoms with Crippen molar-refractivity contribution in [3.05, 3.63) is 82.2 Å². The number of hydrogen-bond donors (Lipinski definition) is 1. The number of thioether (sulfide) groups is 1. The van der Waals surface area contributed by atoms with Crippen LogP contribution < -0.4 is 10.2 Å². The second kappa shape index (κ2) is 9.50. The molecule has 7 heteroatoms. The number of hydrogen-bond acceptors (Lipinski definition) is 4. The fraction of sp³-hybridized carbons (Fsp3) is 0.296. The number of benzene rings is 2. The predicted molar refractivity (Wildman–Crippen MR) is 138 cm³/mol. The summed E-state index contributed by atoms with van der Waals surface area (Å²) in [5, 5.41) is 7.32. The summed E-state index contributed by atoms with van der Waals surface area (Å²) in [6, 6.07) is 13.7. The summed E-state index contributed by atoms with van der Waals surface area (Å²) in [7, 11) is 3.61. The quantitative estimate of drug-likeness (QED) is 0.609. The van der Waals surface area contributed by atoms with E-state index in [-0.39, 0.29) is 19.2 Å². The van der Waals surface area contributed by atoms with Crippen molar-refractivity contribution in [1.82, 2.24) is 15.1 Å². The molecule has 2 aliphatic rings. The van der Waals surface area contributed by atoms with Gasteiger partial charge in [-0.05, 0) is 48.2 Å². The second-order valence-corrected chi connectivity index (χ2v) is 9.73. The van der Waals surface area contributed by atoms with Crippen LogP contribution in [0.2, 0.25) is 0 Å². The number of aromatic nitrogens is 2. The van der Waals surface area contributed by atoms with E-state index in [0.29, 0.717) is 17.9 Å². The van der Waals surface area contributed by atoms with E-state index in [2.05, 4.69) is 65.9 Å². The van der Waals surface area contributed by atoms with Gasteiger partial charge in [-0.25, -0.2) is 0 Å². The van der Waals surface area contributed by atoms with Crippen LogP contribution in [0.25, 0.3) is 6.08 Å². The zero-order chi connectivity index (χ0) is 23.1. The van der Waals surface area contributed by atoms with Crippen molar-refractivity contribution in [2.45, 2.75) is 38.1 Å². The molecule has 0 bridgehead atoms. The standard InChI is InChI=1S/C26H26N4O2S.CH4/c1-16-7-9-17(10-8-16)11-20-14-21(28-30(20)3)25(31)27-22-15-33-24-13-19-6-4-5-18(19)12-23(24)29(2)26(22)32;/h4-5,7-10,12-14,22H,6,11,15H2,1-3H3,(H,27,31);1H4/t22-;/m0./s1. The Bertz CT molecular complexity index is 1280. The van der Waals surface area contributed by atoms with Gasteiger partial charge in [-0.2, -0.15) is 5.10 Å². The zero-order valence-electron chi connectivity index (χ0n) is 19.0. The molecule has 0 radical (unpaired) electrons.